The fourth-order valence-corrected chi connectivity index (χ4v) is 3.76. The van der Waals surface area contributed by atoms with Crippen molar-refractivity contribution in [2.24, 2.45) is 5.92 Å². The van der Waals surface area contributed by atoms with Gasteiger partial charge in [-0.25, -0.2) is 0 Å². The van der Waals surface area contributed by atoms with Crippen molar-refractivity contribution in [3.63, 3.8) is 0 Å². The van der Waals surface area contributed by atoms with E-state index in [9.17, 15) is 9.59 Å². The molecule has 28 heavy (non-hydrogen) atoms. The van der Waals surface area contributed by atoms with Gasteiger partial charge in [0.2, 0.25) is 11.8 Å². The van der Waals surface area contributed by atoms with E-state index >= 15 is 0 Å². The van der Waals surface area contributed by atoms with E-state index in [1.807, 2.05) is 36.7 Å². The van der Waals surface area contributed by atoms with Crippen LogP contribution < -0.4 is 5.32 Å². The zero-order chi connectivity index (χ0) is 20.1. The second-order valence-corrected chi connectivity index (χ2v) is 7.33. The van der Waals surface area contributed by atoms with Crippen molar-refractivity contribution < 1.29 is 9.59 Å². The zero-order valence-corrected chi connectivity index (χ0v) is 16.9. The number of nitrogens with one attached hydrogen (secondary N) is 1. The van der Waals surface area contributed by atoms with Gasteiger partial charge in [0.05, 0.1) is 11.6 Å². The fraction of sp³-hybridized carbons (Fsp3) is 0.524. The van der Waals surface area contributed by atoms with Crippen molar-refractivity contribution in [3.8, 4) is 0 Å². The summed E-state index contributed by atoms with van der Waals surface area (Å²) in [6.45, 7) is 8.43. The molecular formula is C21H29N5O2. The van der Waals surface area contributed by atoms with Crippen molar-refractivity contribution in [2.45, 2.75) is 53.1 Å². The lowest BCUT2D eigenvalue weighted by atomic mass is 9.96. The van der Waals surface area contributed by atoms with E-state index in [-0.39, 0.29) is 17.7 Å². The Morgan fingerprint density at radius 3 is 2.82 bits per heavy atom. The Bertz CT molecular complexity index is 831. The summed E-state index contributed by atoms with van der Waals surface area (Å²) in [6, 6.07) is 5.78. The molecule has 2 aromatic rings. The van der Waals surface area contributed by atoms with E-state index < -0.39 is 0 Å². The predicted molar refractivity (Wildman–Crippen MR) is 106 cm³/mol. The lowest BCUT2D eigenvalue weighted by Crippen LogP contribution is -2.46. The van der Waals surface area contributed by atoms with Crippen molar-refractivity contribution in [1.29, 1.82) is 0 Å². The van der Waals surface area contributed by atoms with E-state index in [4.69, 9.17) is 0 Å². The van der Waals surface area contributed by atoms with Crippen molar-refractivity contribution in [1.82, 2.24) is 25.0 Å². The van der Waals surface area contributed by atoms with Gasteiger partial charge in [-0.3, -0.25) is 19.3 Å². The van der Waals surface area contributed by atoms with Crippen LogP contribution in [0, 0.1) is 19.8 Å². The smallest absolute Gasteiger partial charge is 0.225 e. The molecule has 1 unspecified atom stereocenters. The molecule has 0 radical (unpaired) electrons. The lowest BCUT2D eigenvalue weighted by molar-refractivity contribution is -0.138. The number of carbonyl (C=O) groups excluding carboxylic acids is 2. The number of piperidine rings is 1. The zero-order valence-electron chi connectivity index (χ0n) is 16.9. The first-order chi connectivity index (χ1) is 13.5. The second-order valence-electron chi connectivity index (χ2n) is 7.33. The first-order valence-corrected chi connectivity index (χ1v) is 9.97. The third-order valence-corrected chi connectivity index (χ3v) is 5.51. The molecule has 7 heteroatoms. The number of nitrogens with zero attached hydrogens (tertiary/aromatic N) is 4. The largest absolute Gasteiger partial charge is 0.352 e. The number of likely N-dealkylation sites (tertiary alicyclic amines) is 1. The SMILES string of the molecule is CCn1nc(C)c(CNC(=O)C2CCC(=O)N(CCc3ccccn3)C2)c1C. The maximum Gasteiger partial charge on any atom is 0.225 e. The van der Waals surface area contributed by atoms with Crippen LogP contribution >= 0.6 is 0 Å². The molecule has 0 saturated carbocycles. The van der Waals surface area contributed by atoms with E-state index in [0.29, 0.717) is 38.9 Å². The molecule has 150 valence electrons. The van der Waals surface area contributed by atoms with Gasteiger partial charge in [-0.05, 0) is 39.3 Å². The van der Waals surface area contributed by atoms with E-state index in [0.717, 1.165) is 29.2 Å². The number of aryl methyl sites for hydroxylation is 2. The van der Waals surface area contributed by atoms with Crippen LogP contribution in [0.5, 0.6) is 0 Å². The van der Waals surface area contributed by atoms with Crippen LogP contribution in [0.4, 0.5) is 0 Å². The number of aromatic nitrogens is 3. The van der Waals surface area contributed by atoms with Gasteiger partial charge in [0.1, 0.15) is 0 Å². The minimum absolute atomic E-state index is 0.0124. The lowest BCUT2D eigenvalue weighted by Gasteiger charge is -2.32. The van der Waals surface area contributed by atoms with Gasteiger partial charge in [-0.1, -0.05) is 6.07 Å². The highest BCUT2D eigenvalue weighted by molar-refractivity contribution is 5.83. The molecule has 1 atom stereocenters. The minimum atomic E-state index is -0.164. The number of hydrogen-bond acceptors (Lipinski definition) is 4. The Balaban J connectivity index is 1.55. The van der Waals surface area contributed by atoms with Crippen LogP contribution in [0.15, 0.2) is 24.4 Å². The molecule has 3 heterocycles. The Morgan fingerprint density at radius 2 is 2.14 bits per heavy atom. The Kier molecular flexibility index (Phi) is 6.44. The monoisotopic (exact) mass is 383 g/mol. The summed E-state index contributed by atoms with van der Waals surface area (Å²) in [6.07, 6.45) is 3.49. The van der Waals surface area contributed by atoms with E-state index in [1.165, 1.54) is 0 Å². The van der Waals surface area contributed by atoms with E-state index in [1.54, 1.807) is 11.1 Å². The quantitative estimate of drug-likeness (QED) is 0.793. The Morgan fingerprint density at radius 1 is 1.32 bits per heavy atom. The van der Waals surface area contributed by atoms with Gasteiger partial charge in [-0.15, -0.1) is 0 Å². The summed E-state index contributed by atoms with van der Waals surface area (Å²) >= 11 is 0. The fourth-order valence-electron chi connectivity index (χ4n) is 3.76. The van der Waals surface area contributed by atoms with Gasteiger partial charge in [0.15, 0.2) is 0 Å². The van der Waals surface area contributed by atoms with Gasteiger partial charge in [-0.2, -0.15) is 5.10 Å². The van der Waals surface area contributed by atoms with Crippen LogP contribution in [-0.2, 0) is 29.1 Å². The topological polar surface area (TPSA) is 80.1 Å². The maximum absolute atomic E-state index is 12.7. The van der Waals surface area contributed by atoms with Gasteiger partial charge in [0.25, 0.3) is 0 Å². The number of amides is 2. The molecule has 0 spiro atoms. The summed E-state index contributed by atoms with van der Waals surface area (Å²) in [5, 5.41) is 7.56. The number of pyridine rings is 1. The molecule has 7 nitrogen and oxygen atoms in total. The average Bonchev–Trinajstić information content (AvgIpc) is 2.99. The van der Waals surface area contributed by atoms with Crippen LogP contribution in [-0.4, -0.2) is 44.6 Å². The van der Waals surface area contributed by atoms with Crippen molar-refractivity contribution >= 4 is 11.8 Å². The highest BCUT2D eigenvalue weighted by Crippen LogP contribution is 2.19. The third-order valence-electron chi connectivity index (χ3n) is 5.51. The van der Waals surface area contributed by atoms with Crippen molar-refractivity contribution in [2.75, 3.05) is 13.1 Å². The molecule has 0 aliphatic carbocycles. The van der Waals surface area contributed by atoms with Crippen LogP contribution in [0.25, 0.3) is 0 Å². The number of carbonyl (C=O) groups is 2. The van der Waals surface area contributed by atoms with Crippen LogP contribution in [0.1, 0.15) is 42.4 Å². The summed E-state index contributed by atoms with van der Waals surface area (Å²) in [5.41, 5.74) is 4.08. The average molecular weight is 383 g/mol. The van der Waals surface area contributed by atoms with Gasteiger partial charge in [0, 0.05) is 62.2 Å². The minimum Gasteiger partial charge on any atom is -0.352 e. The highest BCUT2D eigenvalue weighted by Gasteiger charge is 2.30. The predicted octanol–water partition coefficient (Wildman–Crippen LogP) is 2.01. The molecule has 1 N–H and O–H groups in total. The van der Waals surface area contributed by atoms with Gasteiger partial charge >= 0.3 is 0 Å². The Hall–Kier alpha value is -2.70. The molecule has 2 aromatic heterocycles. The summed E-state index contributed by atoms with van der Waals surface area (Å²) in [7, 11) is 0. The van der Waals surface area contributed by atoms with Crippen LogP contribution in [0.2, 0.25) is 0 Å². The van der Waals surface area contributed by atoms with Crippen LogP contribution in [0.3, 0.4) is 0 Å². The number of hydrogen-bond donors (Lipinski definition) is 1. The first-order valence-electron chi connectivity index (χ1n) is 9.97. The first kappa shape index (κ1) is 20.0. The van der Waals surface area contributed by atoms with Gasteiger partial charge < -0.3 is 10.2 Å². The molecule has 0 bridgehead atoms. The summed E-state index contributed by atoms with van der Waals surface area (Å²) in [5.74, 6) is -0.0301. The second kappa shape index (κ2) is 8.99. The molecule has 1 saturated heterocycles. The molecule has 1 aliphatic rings. The third kappa shape index (κ3) is 4.58. The summed E-state index contributed by atoms with van der Waals surface area (Å²) < 4.78 is 1.95. The molecule has 1 fully saturated rings. The molecule has 2 amide bonds. The maximum atomic E-state index is 12.7. The standard InChI is InChI=1S/C21H29N5O2/c1-4-26-16(3)19(15(2)24-26)13-23-21(28)17-8-9-20(27)25(14-17)12-10-18-7-5-6-11-22-18/h5-7,11,17H,4,8-10,12-14H2,1-3H3,(H,23,28). The normalized spacial score (nSPS) is 17.0. The summed E-state index contributed by atoms with van der Waals surface area (Å²) in [4.78, 5) is 31.1. The Labute approximate surface area is 166 Å². The molecular weight excluding hydrogens is 354 g/mol. The molecule has 0 aromatic carbocycles. The number of rotatable bonds is 7. The molecule has 1 aliphatic heterocycles. The van der Waals surface area contributed by atoms with E-state index in [2.05, 4.69) is 22.3 Å². The van der Waals surface area contributed by atoms with Crippen molar-refractivity contribution in [3.05, 3.63) is 47.0 Å². The molecule has 3 rings (SSSR count). The highest BCUT2D eigenvalue weighted by atomic mass is 16.2.